The zero-order valence-corrected chi connectivity index (χ0v) is 9.09. The summed E-state index contributed by atoms with van der Waals surface area (Å²) in [5, 5.41) is 1.83. The Labute approximate surface area is 96.0 Å². The minimum Gasteiger partial charge on any atom is -0.378 e. The molecule has 0 unspecified atom stereocenters. The summed E-state index contributed by atoms with van der Waals surface area (Å²) in [6.45, 7) is 2.39. The number of nitrogen functional groups attached to an aromatic ring is 1. The number of H-pyrrole nitrogens is 1. The van der Waals surface area contributed by atoms with E-state index in [0.29, 0.717) is 37.5 Å². The molecule has 8 nitrogen and oxygen atoms in total. The number of hydrogen-bond acceptors (Lipinski definition) is 6. The predicted molar refractivity (Wildman–Crippen MR) is 61.3 cm³/mol. The molecule has 2 aromatic rings. The van der Waals surface area contributed by atoms with Crippen molar-refractivity contribution in [3.63, 3.8) is 0 Å². The van der Waals surface area contributed by atoms with Crippen LogP contribution in [0.3, 0.4) is 0 Å². The topological polar surface area (TPSA) is 102 Å². The molecule has 0 radical (unpaired) electrons. The average molecular weight is 236 g/mol. The zero-order chi connectivity index (χ0) is 11.8. The Morgan fingerprint density at radius 3 is 2.94 bits per heavy atom. The van der Waals surface area contributed by atoms with Gasteiger partial charge in [0.25, 0.3) is 5.56 Å². The summed E-state index contributed by atoms with van der Waals surface area (Å²) < 4.78 is 6.61. The lowest BCUT2D eigenvalue weighted by molar-refractivity contribution is 0.111. The van der Waals surface area contributed by atoms with Gasteiger partial charge in [0.05, 0.1) is 32.6 Å². The van der Waals surface area contributed by atoms with Gasteiger partial charge >= 0.3 is 0 Å². The van der Waals surface area contributed by atoms with E-state index in [9.17, 15) is 4.79 Å². The van der Waals surface area contributed by atoms with Crippen LogP contribution in [-0.2, 0) is 4.74 Å². The highest BCUT2D eigenvalue weighted by Gasteiger charge is 2.18. The maximum Gasteiger partial charge on any atom is 0.299 e. The van der Waals surface area contributed by atoms with Crippen molar-refractivity contribution in [1.82, 2.24) is 19.6 Å². The Morgan fingerprint density at radius 1 is 1.41 bits per heavy atom. The summed E-state index contributed by atoms with van der Waals surface area (Å²) in [5.41, 5.74) is 6.27. The molecular formula is C9H12N6O2. The normalized spacial score (nSPS) is 16.6. The quantitative estimate of drug-likeness (QED) is 0.636. The van der Waals surface area contributed by atoms with E-state index in [1.807, 2.05) is 5.01 Å². The van der Waals surface area contributed by atoms with Crippen LogP contribution >= 0.6 is 0 Å². The molecule has 2 aromatic heterocycles. The maximum absolute atomic E-state index is 12.2. The van der Waals surface area contributed by atoms with Gasteiger partial charge in [-0.3, -0.25) is 4.79 Å². The Morgan fingerprint density at radius 2 is 2.18 bits per heavy atom. The van der Waals surface area contributed by atoms with Gasteiger partial charge in [-0.15, -0.1) is 0 Å². The number of ether oxygens (including phenoxy) is 1. The molecule has 1 aliphatic rings. The van der Waals surface area contributed by atoms with E-state index in [-0.39, 0.29) is 11.5 Å². The van der Waals surface area contributed by atoms with E-state index in [1.165, 1.54) is 11.0 Å². The van der Waals surface area contributed by atoms with E-state index in [2.05, 4.69) is 15.0 Å². The number of nitrogens with one attached hydrogen (secondary N) is 1. The van der Waals surface area contributed by atoms with Gasteiger partial charge < -0.3 is 20.5 Å². The average Bonchev–Trinajstić information content (AvgIpc) is 2.78. The molecule has 0 bridgehead atoms. The fraction of sp³-hybridized carbons (Fsp3) is 0.444. The van der Waals surface area contributed by atoms with Gasteiger partial charge in [-0.25, -0.2) is 4.98 Å². The first kappa shape index (κ1) is 10.1. The second-order valence-corrected chi connectivity index (χ2v) is 3.75. The van der Waals surface area contributed by atoms with Crippen molar-refractivity contribution < 1.29 is 4.74 Å². The summed E-state index contributed by atoms with van der Waals surface area (Å²) >= 11 is 0. The largest absolute Gasteiger partial charge is 0.378 e. The Bertz CT molecular complexity index is 597. The minimum atomic E-state index is -0.230. The monoisotopic (exact) mass is 236 g/mol. The Balaban J connectivity index is 2.17. The molecule has 1 fully saturated rings. The molecule has 17 heavy (non-hydrogen) atoms. The van der Waals surface area contributed by atoms with Crippen LogP contribution in [0.4, 0.5) is 5.95 Å². The molecule has 3 heterocycles. The second-order valence-electron chi connectivity index (χ2n) is 3.75. The van der Waals surface area contributed by atoms with Crippen molar-refractivity contribution >= 4 is 17.1 Å². The second kappa shape index (κ2) is 3.74. The molecule has 0 aliphatic carbocycles. The van der Waals surface area contributed by atoms with Crippen LogP contribution < -0.4 is 16.3 Å². The highest BCUT2D eigenvalue weighted by Crippen LogP contribution is 2.06. The van der Waals surface area contributed by atoms with Crippen LogP contribution in [0.15, 0.2) is 11.1 Å². The highest BCUT2D eigenvalue weighted by atomic mass is 16.5. The first-order valence-electron chi connectivity index (χ1n) is 5.32. The van der Waals surface area contributed by atoms with Crippen molar-refractivity contribution in [3.8, 4) is 0 Å². The van der Waals surface area contributed by atoms with Gasteiger partial charge in [-0.05, 0) is 0 Å². The van der Waals surface area contributed by atoms with E-state index < -0.39 is 0 Å². The highest BCUT2D eigenvalue weighted by molar-refractivity contribution is 5.69. The lowest BCUT2D eigenvalue weighted by atomic mass is 10.5. The van der Waals surface area contributed by atoms with Gasteiger partial charge in [0.2, 0.25) is 5.95 Å². The van der Waals surface area contributed by atoms with Crippen LogP contribution in [-0.4, -0.2) is 45.9 Å². The molecule has 1 saturated heterocycles. The van der Waals surface area contributed by atoms with Crippen LogP contribution in [0.5, 0.6) is 0 Å². The number of imidazole rings is 1. The first-order valence-corrected chi connectivity index (χ1v) is 5.32. The van der Waals surface area contributed by atoms with Crippen molar-refractivity contribution in [2.75, 3.05) is 37.0 Å². The number of fused-ring (bicyclic) bond motifs is 1. The van der Waals surface area contributed by atoms with Crippen molar-refractivity contribution in [2.24, 2.45) is 0 Å². The standard InChI is InChI=1S/C9H12N6O2/c10-9-13-7-6(11-5-12-7)8(16)15(9)14-1-3-17-4-2-14/h5H,1-4H2,(H2,10,13)(H,11,12). The maximum atomic E-state index is 12.2. The SMILES string of the molecule is Nc1nc2nc[nH]c2c(=O)n1N1CCOCC1. The van der Waals surface area contributed by atoms with Gasteiger partial charge in [0, 0.05) is 0 Å². The third-order valence-corrected chi connectivity index (χ3v) is 2.73. The number of rotatable bonds is 1. The summed E-state index contributed by atoms with van der Waals surface area (Å²) in [7, 11) is 0. The van der Waals surface area contributed by atoms with Gasteiger partial charge in [-0.2, -0.15) is 9.66 Å². The smallest absolute Gasteiger partial charge is 0.299 e. The number of aromatic amines is 1. The zero-order valence-electron chi connectivity index (χ0n) is 9.09. The summed E-state index contributed by atoms with van der Waals surface area (Å²) in [6.07, 6.45) is 1.43. The molecule has 3 rings (SSSR count). The van der Waals surface area contributed by atoms with E-state index in [0.717, 1.165) is 0 Å². The van der Waals surface area contributed by atoms with E-state index >= 15 is 0 Å². The number of aromatic nitrogens is 4. The predicted octanol–water partition coefficient (Wildman–Crippen LogP) is -1.33. The van der Waals surface area contributed by atoms with Gasteiger partial charge in [0.1, 0.15) is 0 Å². The summed E-state index contributed by atoms with van der Waals surface area (Å²) in [6, 6.07) is 0. The molecular weight excluding hydrogens is 224 g/mol. The minimum absolute atomic E-state index is 0.150. The van der Waals surface area contributed by atoms with Crippen LogP contribution in [0, 0.1) is 0 Å². The fourth-order valence-electron chi connectivity index (χ4n) is 1.92. The lowest BCUT2D eigenvalue weighted by Gasteiger charge is -2.30. The van der Waals surface area contributed by atoms with Gasteiger partial charge in [-0.1, -0.05) is 0 Å². The molecule has 8 heteroatoms. The van der Waals surface area contributed by atoms with E-state index in [1.54, 1.807) is 0 Å². The van der Waals surface area contributed by atoms with E-state index in [4.69, 9.17) is 10.5 Å². The summed E-state index contributed by atoms with van der Waals surface area (Å²) in [5.74, 6) is 0.150. The molecule has 0 atom stereocenters. The Kier molecular flexibility index (Phi) is 2.22. The molecule has 0 spiro atoms. The third kappa shape index (κ3) is 1.53. The lowest BCUT2D eigenvalue weighted by Crippen LogP contribution is -2.49. The number of morpholine rings is 1. The molecule has 0 aromatic carbocycles. The fourth-order valence-corrected chi connectivity index (χ4v) is 1.92. The van der Waals surface area contributed by atoms with Crippen LogP contribution in [0.1, 0.15) is 0 Å². The number of nitrogens with two attached hydrogens (primary N) is 1. The van der Waals surface area contributed by atoms with Gasteiger partial charge in [0.15, 0.2) is 11.2 Å². The first-order chi connectivity index (χ1) is 8.27. The number of anilines is 1. The molecule has 90 valence electrons. The molecule has 1 aliphatic heterocycles. The molecule has 0 amide bonds. The summed E-state index contributed by atoms with van der Waals surface area (Å²) in [4.78, 5) is 23.0. The van der Waals surface area contributed by atoms with Crippen LogP contribution in [0.25, 0.3) is 11.2 Å². The number of nitrogens with zero attached hydrogens (tertiary/aromatic N) is 4. The molecule has 0 saturated carbocycles. The third-order valence-electron chi connectivity index (χ3n) is 2.73. The van der Waals surface area contributed by atoms with Crippen molar-refractivity contribution in [3.05, 3.63) is 16.7 Å². The Hall–Kier alpha value is -2.09. The van der Waals surface area contributed by atoms with Crippen molar-refractivity contribution in [2.45, 2.75) is 0 Å². The number of hydrogen-bond donors (Lipinski definition) is 2. The van der Waals surface area contributed by atoms with Crippen molar-refractivity contribution in [1.29, 1.82) is 0 Å². The van der Waals surface area contributed by atoms with Crippen LogP contribution in [0.2, 0.25) is 0 Å². The molecule has 3 N–H and O–H groups in total.